The lowest BCUT2D eigenvalue weighted by Gasteiger charge is -2.30. The lowest BCUT2D eigenvalue weighted by atomic mass is 10.1. The third-order valence-electron chi connectivity index (χ3n) is 4.06. The molecular formula is C16H28N2O2. The molecule has 4 nitrogen and oxygen atoms in total. The van der Waals surface area contributed by atoms with Crippen LogP contribution in [0.25, 0.3) is 0 Å². The van der Waals surface area contributed by atoms with Crippen LogP contribution < -0.4 is 5.32 Å². The first-order valence-corrected chi connectivity index (χ1v) is 7.77. The Balaban J connectivity index is 1.82. The molecule has 0 aliphatic carbocycles. The minimum Gasteiger partial charge on any atom is -0.465 e. The van der Waals surface area contributed by atoms with Crippen molar-refractivity contribution in [3.05, 3.63) is 23.2 Å². The van der Waals surface area contributed by atoms with Crippen molar-refractivity contribution in [3.8, 4) is 0 Å². The van der Waals surface area contributed by atoms with Crippen LogP contribution in [0.15, 0.2) is 10.5 Å². The number of likely N-dealkylation sites (tertiary alicyclic amines) is 1. The van der Waals surface area contributed by atoms with E-state index in [1.165, 1.54) is 5.56 Å². The second-order valence-electron chi connectivity index (χ2n) is 5.68. The molecule has 1 N–H and O–H groups in total. The number of hydrogen-bond acceptors (Lipinski definition) is 4. The van der Waals surface area contributed by atoms with E-state index in [1.807, 2.05) is 7.11 Å². The van der Waals surface area contributed by atoms with Gasteiger partial charge >= 0.3 is 0 Å². The van der Waals surface area contributed by atoms with Gasteiger partial charge in [0, 0.05) is 32.3 Å². The molecule has 0 spiro atoms. The summed E-state index contributed by atoms with van der Waals surface area (Å²) in [7, 11) is 1.81. The first-order valence-electron chi connectivity index (χ1n) is 7.77. The number of nitrogens with one attached hydrogen (secondary N) is 1. The highest BCUT2D eigenvalue weighted by Crippen LogP contribution is 2.19. The molecule has 0 amide bonds. The van der Waals surface area contributed by atoms with Crippen LogP contribution in [0.1, 0.15) is 43.3 Å². The number of nitrogens with zero attached hydrogens (tertiary/aromatic N) is 1. The minimum atomic E-state index is 0.443. The van der Waals surface area contributed by atoms with Crippen molar-refractivity contribution in [1.82, 2.24) is 10.2 Å². The summed E-state index contributed by atoms with van der Waals surface area (Å²) in [5.74, 6) is 2.14. The Labute approximate surface area is 122 Å². The molecule has 1 aromatic rings. The molecule has 20 heavy (non-hydrogen) atoms. The summed E-state index contributed by atoms with van der Waals surface area (Å²) in [6.07, 6.45) is 3.86. The molecule has 0 bridgehead atoms. The van der Waals surface area contributed by atoms with Crippen molar-refractivity contribution in [2.75, 3.05) is 26.7 Å². The second kappa shape index (κ2) is 7.81. The highest BCUT2D eigenvalue weighted by atomic mass is 16.5. The van der Waals surface area contributed by atoms with Crippen molar-refractivity contribution < 1.29 is 9.15 Å². The van der Waals surface area contributed by atoms with Crippen LogP contribution in [-0.4, -0.2) is 37.7 Å². The van der Waals surface area contributed by atoms with Crippen LogP contribution in [-0.2, 0) is 17.8 Å². The number of aryl methyl sites for hydroxylation is 1. The van der Waals surface area contributed by atoms with Gasteiger partial charge in [-0.05, 0) is 38.8 Å². The van der Waals surface area contributed by atoms with Gasteiger partial charge in [-0.3, -0.25) is 4.90 Å². The molecule has 0 saturated carbocycles. The third-order valence-corrected chi connectivity index (χ3v) is 4.06. The highest BCUT2D eigenvalue weighted by Gasteiger charge is 2.20. The highest BCUT2D eigenvalue weighted by molar-refractivity contribution is 5.20. The summed E-state index contributed by atoms with van der Waals surface area (Å²) in [4.78, 5) is 2.46. The Hall–Kier alpha value is -0.840. The summed E-state index contributed by atoms with van der Waals surface area (Å²) < 4.78 is 11.3. The van der Waals surface area contributed by atoms with Crippen molar-refractivity contribution in [2.24, 2.45) is 0 Å². The van der Waals surface area contributed by atoms with Crippen LogP contribution in [0.3, 0.4) is 0 Å². The average Bonchev–Trinajstić information content (AvgIpc) is 2.80. The Morgan fingerprint density at radius 2 is 2.15 bits per heavy atom. The van der Waals surface area contributed by atoms with E-state index in [4.69, 9.17) is 9.15 Å². The monoisotopic (exact) mass is 280 g/mol. The number of rotatable bonds is 7. The lowest BCUT2D eigenvalue weighted by Crippen LogP contribution is -2.36. The Bertz CT molecular complexity index is 395. The summed E-state index contributed by atoms with van der Waals surface area (Å²) in [5, 5.41) is 3.43. The lowest BCUT2D eigenvalue weighted by molar-refractivity contribution is 0.0369. The van der Waals surface area contributed by atoms with Crippen molar-refractivity contribution in [2.45, 2.75) is 52.3 Å². The maximum absolute atomic E-state index is 5.89. The fourth-order valence-electron chi connectivity index (χ4n) is 2.76. The first kappa shape index (κ1) is 15.5. The van der Waals surface area contributed by atoms with Gasteiger partial charge in [-0.15, -0.1) is 0 Å². The SMILES string of the molecule is CCCNCc1cc(CN2CCC(OC)CC2)oc1C. The number of piperidine rings is 1. The first-order chi connectivity index (χ1) is 9.72. The van der Waals surface area contributed by atoms with Crippen LogP contribution >= 0.6 is 0 Å². The number of furan rings is 1. The van der Waals surface area contributed by atoms with E-state index in [2.05, 4.69) is 30.1 Å². The predicted octanol–water partition coefficient (Wildman–Crippen LogP) is 2.70. The zero-order valence-corrected chi connectivity index (χ0v) is 13.1. The molecule has 0 atom stereocenters. The van der Waals surface area contributed by atoms with Crippen LogP contribution in [0.2, 0.25) is 0 Å². The summed E-state index contributed by atoms with van der Waals surface area (Å²) >= 11 is 0. The van der Waals surface area contributed by atoms with Crippen LogP contribution in [0, 0.1) is 6.92 Å². The van der Waals surface area contributed by atoms with Gasteiger partial charge in [0.1, 0.15) is 11.5 Å². The van der Waals surface area contributed by atoms with E-state index in [0.29, 0.717) is 6.10 Å². The van der Waals surface area contributed by atoms with E-state index in [0.717, 1.165) is 63.5 Å². The van der Waals surface area contributed by atoms with E-state index in [1.54, 1.807) is 0 Å². The molecule has 1 aliphatic heterocycles. The maximum Gasteiger partial charge on any atom is 0.118 e. The zero-order valence-electron chi connectivity index (χ0n) is 13.1. The second-order valence-corrected chi connectivity index (χ2v) is 5.68. The standard InChI is InChI=1S/C16H28N2O2/c1-4-7-17-11-14-10-16(20-13(14)2)12-18-8-5-15(19-3)6-9-18/h10,15,17H,4-9,11-12H2,1-3H3. The van der Waals surface area contributed by atoms with Gasteiger partial charge in [0.25, 0.3) is 0 Å². The van der Waals surface area contributed by atoms with E-state index >= 15 is 0 Å². The molecule has 2 rings (SSSR count). The van der Waals surface area contributed by atoms with Gasteiger partial charge in [0.2, 0.25) is 0 Å². The van der Waals surface area contributed by atoms with Gasteiger partial charge < -0.3 is 14.5 Å². The molecule has 0 radical (unpaired) electrons. The quantitative estimate of drug-likeness (QED) is 0.779. The van der Waals surface area contributed by atoms with Gasteiger partial charge in [-0.25, -0.2) is 0 Å². The molecular weight excluding hydrogens is 252 g/mol. The predicted molar refractivity (Wildman–Crippen MR) is 80.8 cm³/mol. The van der Waals surface area contributed by atoms with Gasteiger partial charge in [0.15, 0.2) is 0 Å². The largest absolute Gasteiger partial charge is 0.465 e. The molecule has 0 unspecified atom stereocenters. The van der Waals surface area contributed by atoms with Gasteiger partial charge in [-0.1, -0.05) is 6.92 Å². The smallest absolute Gasteiger partial charge is 0.118 e. The number of methoxy groups -OCH3 is 1. The summed E-state index contributed by atoms with van der Waals surface area (Å²) in [6.45, 7) is 9.34. The van der Waals surface area contributed by atoms with Crippen molar-refractivity contribution in [3.63, 3.8) is 0 Å². The molecule has 1 fully saturated rings. The number of hydrogen-bond donors (Lipinski definition) is 1. The normalized spacial score (nSPS) is 17.8. The summed E-state index contributed by atoms with van der Waals surface area (Å²) in [5.41, 5.74) is 1.29. The average molecular weight is 280 g/mol. The van der Waals surface area contributed by atoms with Gasteiger partial charge in [-0.2, -0.15) is 0 Å². The number of ether oxygens (including phenoxy) is 1. The fourth-order valence-corrected chi connectivity index (χ4v) is 2.76. The van der Waals surface area contributed by atoms with E-state index in [9.17, 15) is 0 Å². The molecule has 4 heteroatoms. The molecule has 1 saturated heterocycles. The maximum atomic E-state index is 5.89. The molecule has 1 aliphatic rings. The molecule has 114 valence electrons. The minimum absolute atomic E-state index is 0.443. The van der Waals surface area contributed by atoms with Crippen molar-refractivity contribution >= 4 is 0 Å². The van der Waals surface area contributed by atoms with E-state index in [-0.39, 0.29) is 0 Å². The third kappa shape index (κ3) is 4.33. The summed E-state index contributed by atoms with van der Waals surface area (Å²) in [6, 6.07) is 2.21. The topological polar surface area (TPSA) is 37.6 Å². The van der Waals surface area contributed by atoms with Gasteiger partial charge in [0.05, 0.1) is 12.6 Å². The zero-order chi connectivity index (χ0) is 14.4. The molecule has 1 aromatic heterocycles. The Kier molecular flexibility index (Phi) is 6.07. The Morgan fingerprint density at radius 3 is 2.80 bits per heavy atom. The fraction of sp³-hybridized carbons (Fsp3) is 0.750. The Morgan fingerprint density at radius 1 is 1.40 bits per heavy atom. The van der Waals surface area contributed by atoms with Crippen LogP contribution in [0.4, 0.5) is 0 Å². The van der Waals surface area contributed by atoms with Crippen LogP contribution in [0.5, 0.6) is 0 Å². The van der Waals surface area contributed by atoms with Crippen molar-refractivity contribution in [1.29, 1.82) is 0 Å². The van der Waals surface area contributed by atoms with E-state index < -0.39 is 0 Å². The molecule has 0 aromatic carbocycles. The molecule has 2 heterocycles.